The molecule has 0 aliphatic carbocycles. The van der Waals surface area contributed by atoms with Gasteiger partial charge < -0.3 is 24.6 Å². The van der Waals surface area contributed by atoms with E-state index in [0.717, 1.165) is 32.8 Å². The normalized spacial score (nSPS) is 20.2. The van der Waals surface area contributed by atoms with Gasteiger partial charge in [0.2, 0.25) is 27.9 Å². The highest BCUT2D eigenvalue weighted by atomic mass is 35.5. The third-order valence-electron chi connectivity index (χ3n) is 6.69. The summed E-state index contributed by atoms with van der Waals surface area (Å²) in [6.07, 6.45) is 0. The highest BCUT2D eigenvalue weighted by Crippen LogP contribution is 2.23. The number of hydrogen-bond donors (Lipinski definition) is 1. The van der Waals surface area contributed by atoms with E-state index in [4.69, 9.17) is 31.0 Å². The maximum atomic E-state index is 13.1. The van der Waals surface area contributed by atoms with Gasteiger partial charge in [0.05, 0.1) is 31.3 Å². The lowest BCUT2D eigenvalue weighted by atomic mass is 10.4. The number of piperazine rings is 1. The van der Waals surface area contributed by atoms with Gasteiger partial charge in [-0.15, -0.1) is 0 Å². The van der Waals surface area contributed by atoms with Crippen molar-refractivity contribution in [3.05, 3.63) is 29.3 Å². The number of hydrogen-bond acceptors (Lipinski definition) is 11. The molecule has 0 bridgehead atoms. The Morgan fingerprint density at radius 3 is 1.97 bits per heavy atom. The first-order valence-corrected chi connectivity index (χ1v) is 14.4. The number of nitrogens with zero attached hydrogens (tertiary/aromatic N) is 7. The highest BCUT2D eigenvalue weighted by molar-refractivity contribution is 7.89. The first kappa shape index (κ1) is 26.3. The Labute approximate surface area is 222 Å². The molecule has 4 heterocycles. The Balaban J connectivity index is 1.27. The zero-order valence-electron chi connectivity index (χ0n) is 20.8. The van der Waals surface area contributed by atoms with Crippen molar-refractivity contribution in [2.24, 2.45) is 0 Å². The molecule has 1 N–H and O–H groups in total. The lowest BCUT2D eigenvalue weighted by molar-refractivity contribution is 0.0398. The minimum atomic E-state index is -3.59. The van der Waals surface area contributed by atoms with Crippen LogP contribution in [0.4, 0.5) is 17.8 Å². The van der Waals surface area contributed by atoms with Crippen LogP contribution in [0, 0.1) is 0 Å². The van der Waals surface area contributed by atoms with Gasteiger partial charge in [0, 0.05) is 70.5 Å². The molecule has 202 valence electrons. The zero-order valence-corrected chi connectivity index (χ0v) is 22.3. The second-order valence-electron chi connectivity index (χ2n) is 9.08. The van der Waals surface area contributed by atoms with Gasteiger partial charge in [0.25, 0.3) is 0 Å². The second-order valence-corrected chi connectivity index (χ2v) is 11.5. The van der Waals surface area contributed by atoms with Crippen LogP contribution in [0.3, 0.4) is 0 Å². The van der Waals surface area contributed by atoms with Crippen molar-refractivity contribution >= 4 is 39.5 Å². The fourth-order valence-electron chi connectivity index (χ4n) is 4.51. The van der Waals surface area contributed by atoms with Gasteiger partial charge in [-0.25, -0.2) is 8.42 Å². The lowest BCUT2D eigenvalue weighted by Crippen LogP contribution is -2.49. The van der Waals surface area contributed by atoms with Gasteiger partial charge in [-0.05, 0) is 24.3 Å². The Kier molecular flexibility index (Phi) is 8.57. The van der Waals surface area contributed by atoms with Crippen LogP contribution >= 0.6 is 11.6 Å². The fraction of sp³-hybridized carbons (Fsp3) is 0.609. The van der Waals surface area contributed by atoms with E-state index in [1.54, 1.807) is 24.3 Å². The molecule has 3 saturated heterocycles. The van der Waals surface area contributed by atoms with Crippen LogP contribution in [-0.4, -0.2) is 124 Å². The highest BCUT2D eigenvalue weighted by Gasteiger charge is 2.30. The standard InChI is InChI=1S/C23H33ClN8O4S/c24-19-1-3-20(4-2-19)37(33,34)32-9-7-30(8-10-32)22-26-21(25-5-6-29-11-15-35-16-12-29)27-23(28-22)31-13-17-36-18-14-31/h1-4H,5-18H2,(H,25,26,27,28). The van der Waals surface area contributed by atoms with Crippen LogP contribution in [-0.2, 0) is 19.5 Å². The molecule has 37 heavy (non-hydrogen) atoms. The van der Waals surface area contributed by atoms with Crippen LogP contribution < -0.4 is 15.1 Å². The van der Waals surface area contributed by atoms with Crippen molar-refractivity contribution in [2.45, 2.75) is 4.90 Å². The summed E-state index contributed by atoms with van der Waals surface area (Å²) in [6.45, 7) is 9.26. The SMILES string of the molecule is O=S(=O)(c1ccc(Cl)cc1)N1CCN(c2nc(NCCN3CCOCC3)nc(N3CCOCC3)n2)CC1. The molecule has 3 aliphatic heterocycles. The first-order valence-electron chi connectivity index (χ1n) is 12.6. The molecule has 2 aromatic rings. The Hall–Kier alpha value is -2.29. The van der Waals surface area contributed by atoms with E-state index in [1.165, 1.54) is 4.31 Å². The number of aromatic nitrogens is 3. The molecule has 1 aromatic heterocycles. The largest absolute Gasteiger partial charge is 0.379 e. The molecule has 1 aromatic carbocycles. The summed E-state index contributed by atoms with van der Waals surface area (Å²) in [5.41, 5.74) is 0. The fourth-order valence-corrected chi connectivity index (χ4v) is 6.06. The van der Waals surface area contributed by atoms with E-state index in [2.05, 4.69) is 20.1 Å². The maximum absolute atomic E-state index is 13.1. The van der Waals surface area contributed by atoms with E-state index < -0.39 is 10.0 Å². The Bertz CT molecular complexity index is 1140. The first-order chi connectivity index (χ1) is 18.0. The molecule has 14 heteroatoms. The third kappa shape index (κ3) is 6.59. The van der Waals surface area contributed by atoms with Crippen LogP contribution in [0.15, 0.2) is 29.2 Å². The molecule has 12 nitrogen and oxygen atoms in total. The minimum absolute atomic E-state index is 0.242. The van der Waals surface area contributed by atoms with Crippen molar-refractivity contribution < 1.29 is 17.9 Å². The summed E-state index contributed by atoms with van der Waals surface area (Å²) < 4.78 is 38.6. The number of anilines is 3. The van der Waals surface area contributed by atoms with Crippen LogP contribution in [0.2, 0.25) is 5.02 Å². The molecule has 5 rings (SSSR count). The second kappa shape index (κ2) is 12.0. The van der Waals surface area contributed by atoms with E-state index in [9.17, 15) is 8.42 Å². The predicted octanol–water partition coefficient (Wildman–Crippen LogP) is 0.617. The molecular weight excluding hydrogens is 520 g/mol. The summed E-state index contributed by atoms with van der Waals surface area (Å²) in [7, 11) is -3.59. The molecule has 0 atom stereocenters. The summed E-state index contributed by atoms with van der Waals surface area (Å²) in [6, 6.07) is 6.27. The predicted molar refractivity (Wildman–Crippen MR) is 141 cm³/mol. The van der Waals surface area contributed by atoms with Gasteiger partial charge in [0.15, 0.2) is 0 Å². The molecule has 0 unspecified atom stereocenters. The van der Waals surface area contributed by atoms with Crippen molar-refractivity contribution in [3.63, 3.8) is 0 Å². The smallest absolute Gasteiger partial charge is 0.243 e. The summed E-state index contributed by atoms with van der Waals surface area (Å²) in [5, 5.41) is 3.87. The van der Waals surface area contributed by atoms with Crippen LogP contribution in [0.5, 0.6) is 0 Å². The van der Waals surface area contributed by atoms with Gasteiger partial charge in [-0.3, -0.25) is 4.90 Å². The number of nitrogens with one attached hydrogen (secondary N) is 1. The van der Waals surface area contributed by atoms with Crippen molar-refractivity contribution in [1.82, 2.24) is 24.2 Å². The molecule has 0 radical (unpaired) electrons. The molecule has 0 saturated carbocycles. The van der Waals surface area contributed by atoms with E-state index in [-0.39, 0.29) is 4.90 Å². The van der Waals surface area contributed by atoms with E-state index >= 15 is 0 Å². The number of sulfonamides is 1. The monoisotopic (exact) mass is 552 g/mol. The average Bonchev–Trinajstić information content (AvgIpc) is 2.94. The molecule has 3 fully saturated rings. The number of halogens is 1. The molecular formula is C23H33ClN8O4S. The lowest BCUT2D eigenvalue weighted by Gasteiger charge is -2.34. The quantitative estimate of drug-likeness (QED) is 0.496. The minimum Gasteiger partial charge on any atom is -0.379 e. The molecule has 3 aliphatic rings. The number of ether oxygens (including phenoxy) is 2. The topological polar surface area (TPSA) is 116 Å². The number of morpholine rings is 2. The Morgan fingerprint density at radius 2 is 1.35 bits per heavy atom. The Morgan fingerprint density at radius 1 is 0.784 bits per heavy atom. The average molecular weight is 553 g/mol. The van der Waals surface area contributed by atoms with Gasteiger partial charge in [-0.1, -0.05) is 11.6 Å². The third-order valence-corrected chi connectivity index (χ3v) is 8.86. The van der Waals surface area contributed by atoms with Gasteiger partial charge >= 0.3 is 0 Å². The summed E-state index contributed by atoms with van der Waals surface area (Å²) >= 11 is 5.93. The van der Waals surface area contributed by atoms with E-state index in [1.807, 2.05) is 4.90 Å². The molecule has 0 spiro atoms. The van der Waals surface area contributed by atoms with Crippen molar-refractivity contribution in [3.8, 4) is 0 Å². The van der Waals surface area contributed by atoms with Crippen LogP contribution in [0.25, 0.3) is 0 Å². The number of rotatable bonds is 8. The van der Waals surface area contributed by atoms with Crippen LogP contribution in [0.1, 0.15) is 0 Å². The van der Waals surface area contributed by atoms with Crippen molar-refractivity contribution in [1.29, 1.82) is 0 Å². The maximum Gasteiger partial charge on any atom is 0.243 e. The molecule has 0 amide bonds. The zero-order chi connectivity index (χ0) is 25.7. The summed E-state index contributed by atoms with van der Waals surface area (Å²) in [4.78, 5) is 20.9. The van der Waals surface area contributed by atoms with Crippen molar-refractivity contribution in [2.75, 3.05) is 107 Å². The summed E-state index contributed by atoms with van der Waals surface area (Å²) in [5.74, 6) is 1.68. The van der Waals surface area contributed by atoms with E-state index in [0.29, 0.717) is 81.9 Å². The number of benzene rings is 1. The van der Waals surface area contributed by atoms with Gasteiger partial charge in [-0.2, -0.15) is 19.3 Å². The van der Waals surface area contributed by atoms with Gasteiger partial charge in [0.1, 0.15) is 0 Å².